The van der Waals surface area contributed by atoms with E-state index in [-0.39, 0.29) is 11.6 Å². The Labute approximate surface area is 115 Å². The molecule has 0 bridgehead atoms. The molecule has 0 saturated heterocycles. The third kappa shape index (κ3) is 3.78. The second-order valence-corrected chi connectivity index (χ2v) is 5.00. The summed E-state index contributed by atoms with van der Waals surface area (Å²) in [6.07, 6.45) is 2.02. The van der Waals surface area contributed by atoms with E-state index in [0.29, 0.717) is 0 Å². The van der Waals surface area contributed by atoms with Crippen molar-refractivity contribution < 1.29 is 18.7 Å². The largest absolute Gasteiger partial charge is 0.442 e. The van der Waals surface area contributed by atoms with Crippen LogP contribution in [-0.4, -0.2) is 26.5 Å². The van der Waals surface area contributed by atoms with Crippen molar-refractivity contribution in [2.24, 2.45) is 0 Å². The summed E-state index contributed by atoms with van der Waals surface area (Å²) in [5.41, 5.74) is -0.617. The van der Waals surface area contributed by atoms with Crippen LogP contribution in [0.15, 0.2) is 30.6 Å². The number of rotatable bonds is 2. The van der Waals surface area contributed by atoms with E-state index in [1.165, 1.54) is 30.6 Å². The van der Waals surface area contributed by atoms with Crippen LogP contribution in [0.4, 0.5) is 9.18 Å². The number of hydrogen-bond acceptors (Lipinski definition) is 5. The molecule has 0 amide bonds. The summed E-state index contributed by atoms with van der Waals surface area (Å²) < 4.78 is 24.3. The molecule has 0 radical (unpaired) electrons. The molecule has 0 aromatic carbocycles. The van der Waals surface area contributed by atoms with Crippen molar-refractivity contribution >= 4 is 6.09 Å². The zero-order valence-corrected chi connectivity index (χ0v) is 11.3. The molecule has 0 spiro atoms. The van der Waals surface area contributed by atoms with Crippen molar-refractivity contribution in [3.63, 3.8) is 0 Å². The topological polar surface area (TPSA) is 66.2 Å². The van der Waals surface area contributed by atoms with Gasteiger partial charge in [-0.2, -0.15) is 19.2 Å². The van der Waals surface area contributed by atoms with Crippen LogP contribution in [0.25, 0.3) is 0 Å². The SMILES string of the molecule is CC(C)(C)OC(=O)n1cc(Oc2cccc(F)n2)cn1. The molecule has 2 aromatic rings. The Kier molecular flexibility index (Phi) is 3.69. The van der Waals surface area contributed by atoms with Gasteiger partial charge in [0.1, 0.15) is 5.60 Å². The van der Waals surface area contributed by atoms with Gasteiger partial charge >= 0.3 is 6.09 Å². The zero-order valence-electron chi connectivity index (χ0n) is 11.3. The van der Waals surface area contributed by atoms with Crippen molar-refractivity contribution in [1.29, 1.82) is 0 Å². The minimum atomic E-state index is -0.651. The summed E-state index contributed by atoms with van der Waals surface area (Å²) in [5.74, 6) is -0.315. The van der Waals surface area contributed by atoms with Crippen LogP contribution in [0.1, 0.15) is 20.8 Å². The smallest absolute Gasteiger partial charge is 0.435 e. The Morgan fingerprint density at radius 1 is 1.35 bits per heavy atom. The van der Waals surface area contributed by atoms with E-state index in [0.717, 1.165) is 4.68 Å². The van der Waals surface area contributed by atoms with E-state index in [1.807, 2.05) is 0 Å². The maximum absolute atomic E-state index is 12.9. The second-order valence-electron chi connectivity index (χ2n) is 5.00. The molecule has 0 aliphatic rings. The summed E-state index contributed by atoms with van der Waals surface area (Å²) in [4.78, 5) is 15.3. The summed E-state index contributed by atoms with van der Waals surface area (Å²) in [5, 5.41) is 3.81. The van der Waals surface area contributed by atoms with E-state index < -0.39 is 17.6 Å². The molecular weight excluding hydrogens is 265 g/mol. The van der Waals surface area contributed by atoms with Gasteiger partial charge in [0.15, 0.2) is 5.75 Å². The first-order chi connectivity index (χ1) is 9.33. The predicted molar refractivity (Wildman–Crippen MR) is 68.1 cm³/mol. The summed E-state index contributed by atoms with van der Waals surface area (Å²) in [6.45, 7) is 5.26. The summed E-state index contributed by atoms with van der Waals surface area (Å²) >= 11 is 0. The molecule has 0 saturated carbocycles. The van der Waals surface area contributed by atoms with Gasteiger partial charge in [0, 0.05) is 6.07 Å². The molecule has 7 heteroatoms. The molecule has 106 valence electrons. The number of aromatic nitrogens is 3. The molecule has 0 N–H and O–H groups in total. The Hall–Kier alpha value is -2.44. The lowest BCUT2D eigenvalue weighted by Gasteiger charge is -2.18. The Bertz CT molecular complexity index is 619. The molecule has 0 unspecified atom stereocenters. The van der Waals surface area contributed by atoms with Gasteiger partial charge in [-0.3, -0.25) is 0 Å². The molecule has 6 nitrogen and oxygen atoms in total. The van der Waals surface area contributed by atoms with Crippen LogP contribution in [0.3, 0.4) is 0 Å². The number of halogens is 1. The normalized spacial score (nSPS) is 11.2. The summed E-state index contributed by atoms with van der Waals surface area (Å²) in [6, 6.07) is 4.17. The highest BCUT2D eigenvalue weighted by molar-refractivity contribution is 5.70. The van der Waals surface area contributed by atoms with Crippen molar-refractivity contribution in [2.75, 3.05) is 0 Å². The highest BCUT2D eigenvalue weighted by atomic mass is 19.1. The number of carbonyl (C=O) groups excluding carboxylic acids is 1. The van der Waals surface area contributed by atoms with Crippen LogP contribution >= 0.6 is 0 Å². The number of nitrogens with zero attached hydrogens (tertiary/aromatic N) is 3. The Balaban J connectivity index is 2.07. The van der Waals surface area contributed by atoms with E-state index >= 15 is 0 Å². The lowest BCUT2D eigenvalue weighted by molar-refractivity contribution is 0.0514. The molecule has 0 atom stereocenters. The van der Waals surface area contributed by atoms with Gasteiger partial charge in [-0.1, -0.05) is 6.07 Å². The third-order valence-electron chi connectivity index (χ3n) is 2.05. The number of carbonyl (C=O) groups is 1. The van der Waals surface area contributed by atoms with Gasteiger partial charge in [0.25, 0.3) is 0 Å². The highest BCUT2D eigenvalue weighted by Gasteiger charge is 2.18. The first kappa shape index (κ1) is 14.0. The molecule has 0 fully saturated rings. The standard InChI is InChI=1S/C13H14FN3O3/c1-13(2,3)20-12(18)17-8-9(7-15-17)19-11-6-4-5-10(14)16-11/h4-8H,1-3H3. The number of hydrogen-bond donors (Lipinski definition) is 0. The average Bonchev–Trinajstić information content (AvgIpc) is 2.75. The molecule has 2 heterocycles. The molecule has 2 rings (SSSR count). The molecule has 0 aliphatic heterocycles. The van der Waals surface area contributed by atoms with Crippen LogP contribution < -0.4 is 4.74 Å². The maximum Gasteiger partial charge on any atom is 0.435 e. The number of ether oxygens (including phenoxy) is 2. The van der Waals surface area contributed by atoms with Crippen LogP contribution in [0, 0.1) is 5.95 Å². The monoisotopic (exact) mass is 279 g/mol. The average molecular weight is 279 g/mol. The van der Waals surface area contributed by atoms with Crippen molar-refractivity contribution in [3.8, 4) is 11.6 Å². The fraction of sp³-hybridized carbons (Fsp3) is 0.308. The Morgan fingerprint density at radius 3 is 2.75 bits per heavy atom. The third-order valence-corrected chi connectivity index (χ3v) is 2.05. The fourth-order valence-electron chi connectivity index (χ4n) is 1.33. The zero-order chi connectivity index (χ0) is 14.8. The van der Waals surface area contributed by atoms with Gasteiger partial charge < -0.3 is 9.47 Å². The molecule has 20 heavy (non-hydrogen) atoms. The quantitative estimate of drug-likeness (QED) is 0.790. The first-order valence-corrected chi connectivity index (χ1v) is 5.92. The first-order valence-electron chi connectivity index (χ1n) is 5.92. The summed E-state index contributed by atoms with van der Waals surface area (Å²) in [7, 11) is 0. The molecule has 2 aromatic heterocycles. The van der Waals surface area contributed by atoms with Gasteiger partial charge in [-0.25, -0.2) is 4.79 Å². The van der Waals surface area contributed by atoms with E-state index in [4.69, 9.17) is 9.47 Å². The minimum Gasteiger partial charge on any atom is -0.442 e. The second kappa shape index (κ2) is 5.28. The van der Waals surface area contributed by atoms with Gasteiger partial charge in [-0.15, -0.1) is 0 Å². The Morgan fingerprint density at radius 2 is 2.10 bits per heavy atom. The van der Waals surface area contributed by atoms with Crippen molar-refractivity contribution in [2.45, 2.75) is 26.4 Å². The minimum absolute atomic E-state index is 0.0775. The maximum atomic E-state index is 12.9. The van der Waals surface area contributed by atoms with Gasteiger partial charge in [-0.05, 0) is 26.8 Å². The van der Waals surface area contributed by atoms with Crippen LogP contribution in [-0.2, 0) is 4.74 Å². The van der Waals surface area contributed by atoms with Gasteiger partial charge in [0.2, 0.25) is 11.8 Å². The molecule has 0 aliphatic carbocycles. The van der Waals surface area contributed by atoms with Crippen LogP contribution in [0.2, 0.25) is 0 Å². The lowest BCUT2D eigenvalue weighted by atomic mass is 10.2. The predicted octanol–water partition coefficient (Wildman–Crippen LogP) is 2.99. The van der Waals surface area contributed by atoms with E-state index in [1.54, 1.807) is 20.8 Å². The van der Waals surface area contributed by atoms with Crippen molar-refractivity contribution in [3.05, 3.63) is 36.5 Å². The van der Waals surface area contributed by atoms with E-state index in [9.17, 15) is 9.18 Å². The molecular formula is C13H14FN3O3. The lowest BCUT2D eigenvalue weighted by Crippen LogP contribution is -2.27. The van der Waals surface area contributed by atoms with Crippen molar-refractivity contribution in [1.82, 2.24) is 14.8 Å². The van der Waals surface area contributed by atoms with Crippen LogP contribution in [0.5, 0.6) is 11.6 Å². The van der Waals surface area contributed by atoms with E-state index in [2.05, 4.69) is 10.1 Å². The van der Waals surface area contributed by atoms with Gasteiger partial charge in [0.05, 0.1) is 12.4 Å². The highest BCUT2D eigenvalue weighted by Crippen LogP contribution is 2.19. The fourth-order valence-corrected chi connectivity index (χ4v) is 1.33. The number of pyridine rings is 1.